The highest BCUT2D eigenvalue weighted by molar-refractivity contribution is 5.78. The van der Waals surface area contributed by atoms with Crippen molar-refractivity contribution in [2.24, 2.45) is 0 Å². The van der Waals surface area contributed by atoms with Crippen molar-refractivity contribution in [3.05, 3.63) is 47.0 Å². The smallest absolute Gasteiger partial charge is 0.227 e. The molecule has 3 aromatic rings. The van der Waals surface area contributed by atoms with E-state index in [4.69, 9.17) is 9.52 Å². The second-order valence-electron chi connectivity index (χ2n) is 6.17. The van der Waals surface area contributed by atoms with Gasteiger partial charge in [-0.2, -0.15) is 0 Å². The van der Waals surface area contributed by atoms with E-state index in [1.807, 2.05) is 37.3 Å². The van der Waals surface area contributed by atoms with Crippen LogP contribution >= 0.6 is 0 Å². The molecule has 0 spiro atoms. The first-order valence-electron chi connectivity index (χ1n) is 7.99. The van der Waals surface area contributed by atoms with Gasteiger partial charge in [0.25, 0.3) is 0 Å². The highest BCUT2D eigenvalue weighted by Crippen LogP contribution is 2.29. The van der Waals surface area contributed by atoms with Gasteiger partial charge < -0.3 is 19.9 Å². The van der Waals surface area contributed by atoms with E-state index in [2.05, 4.69) is 24.1 Å². The van der Waals surface area contributed by atoms with Gasteiger partial charge in [-0.05, 0) is 61.7 Å². The van der Waals surface area contributed by atoms with Crippen molar-refractivity contribution < 1.29 is 14.6 Å². The van der Waals surface area contributed by atoms with Gasteiger partial charge in [0.1, 0.15) is 5.52 Å². The summed E-state index contributed by atoms with van der Waals surface area (Å²) in [4.78, 5) is 4.58. The number of anilines is 1. The summed E-state index contributed by atoms with van der Waals surface area (Å²) in [6, 6.07) is 9.93. The van der Waals surface area contributed by atoms with Gasteiger partial charge in [-0.3, -0.25) is 0 Å². The van der Waals surface area contributed by atoms with Gasteiger partial charge in [0.05, 0.1) is 12.7 Å². The monoisotopic (exact) mass is 326 g/mol. The molecule has 0 aliphatic carbocycles. The Kier molecular flexibility index (Phi) is 4.55. The largest absolute Gasteiger partial charge is 0.436 e. The maximum absolute atomic E-state index is 9.50. The minimum Gasteiger partial charge on any atom is -0.436 e. The average Bonchev–Trinajstić information content (AvgIpc) is 2.96. The van der Waals surface area contributed by atoms with E-state index >= 15 is 0 Å². The molecule has 0 aliphatic rings. The Morgan fingerprint density at radius 2 is 1.83 bits per heavy atom. The molecule has 0 saturated carbocycles. The number of benzene rings is 2. The van der Waals surface area contributed by atoms with Crippen molar-refractivity contribution in [2.75, 3.05) is 18.5 Å². The van der Waals surface area contributed by atoms with Crippen LogP contribution in [0.4, 0.5) is 5.69 Å². The van der Waals surface area contributed by atoms with Crippen LogP contribution in [0.15, 0.2) is 34.7 Å². The summed E-state index contributed by atoms with van der Waals surface area (Å²) in [6.07, 6.45) is -0.789. The van der Waals surface area contributed by atoms with Crippen LogP contribution in [0.5, 0.6) is 0 Å². The predicted molar refractivity (Wildman–Crippen MR) is 95.2 cm³/mol. The molecule has 126 valence electrons. The standard InChI is InChI=1S/C19H22N2O3/c1-11-4-5-14(8-16(11)20-9-15(23)10-22)19-21-17-6-12(2)13(3)7-18(17)24-19/h4-8,15,20,22-23H,9-10H2,1-3H3. The molecule has 1 unspecified atom stereocenters. The molecule has 0 aliphatic heterocycles. The lowest BCUT2D eigenvalue weighted by atomic mass is 10.1. The first-order chi connectivity index (χ1) is 11.5. The molecule has 1 aromatic heterocycles. The van der Waals surface area contributed by atoms with Crippen LogP contribution in [0.2, 0.25) is 0 Å². The Morgan fingerprint density at radius 1 is 1.08 bits per heavy atom. The topological polar surface area (TPSA) is 78.5 Å². The Bertz CT molecular complexity index is 831. The molecule has 2 aromatic carbocycles. The lowest BCUT2D eigenvalue weighted by Crippen LogP contribution is -2.23. The normalized spacial score (nSPS) is 12.5. The number of aromatic nitrogens is 1. The van der Waals surface area contributed by atoms with Crippen molar-refractivity contribution in [3.8, 4) is 11.5 Å². The van der Waals surface area contributed by atoms with Crippen LogP contribution in [0, 0.1) is 20.8 Å². The molecular weight excluding hydrogens is 304 g/mol. The summed E-state index contributed by atoms with van der Waals surface area (Å²) in [5.41, 5.74) is 6.79. The number of oxazole rings is 1. The highest BCUT2D eigenvalue weighted by atomic mass is 16.3. The van der Waals surface area contributed by atoms with E-state index < -0.39 is 6.10 Å². The van der Waals surface area contributed by atoms with Crippen molar-refractivity contribution in [1.82, 2.24) is 4.98 Å². The maximum atomic E-state index is 9.50. The summed E-state index contributed by atoms with van der Waals surface area (Å²) >= 11 is 0. The molecular formula is C19H22N2O3. The number of nitrogens with zero attached hydrogens (tertiary/aromatic N) is 1. The Hall–Kier alpha value is -2.37. The molecule has 0 amide bonds. The van der Waals surface area contributed by atoms with Crippen molar-refractivity contribution in [3.63, 3.8) is 0 Å². The third-order valence-corrected chi connectivity index (χ3v) is 4.23. The third-order valence-electron chi connectivity index (χ3n) is 4.23. The zero-order chi connectivity index (χ0) is 17.3. The number of rotatable bonds is 5. The lowest BCUT2D eigenvalue weighted by Gasteiger charge is -2.13. The quantitative estimate of drug-likeness (QED) is 0.671. The number of fused-ring (bicyclic) bond motifs is 1. The van der Waals surface area contributed by atoms with E-state index in [0.29, 0.717) is 5.89 Å². The fourth-order valence-corrected chi connectivity index (χ4v) is 2.54. The first kappa shape index (κ1) is 16.5. The second-order valence-corrected chi connectivity index (χ2v) is 6.17. The molecule has 1 heterocycles. The number of aryl methyl sites for hydroxylation is 3. The number of hydrogen-bond acceptors (Lipinski definition) is 5. The highest BCUT2D eigenvalue weighted by Gasteiger charge is 2.12. The molecule has 3 rings (SSSR count). The predicted octanol–water partition coefficient (Wildman–Crippen LogP) is 3.19. The molecule has 0 fully saturated rings. The summed E-state index contributed by atoms with van der Waals surface area (Å²) in [7, 11) is 0. The fourth-order valence-electron chi connectivity index (χ4n) is 2.54. The van der Waals surface area contributed by atoms with Gasteiger partial charge in [0, 0.05) is 17.8 Å². The van der Waals surface area contributed by atoms with Gasteiger partial charge in [-0.1, -0.05) is 6.07 Å². The van der Waals surface area contributed by atoms with Gasteiger partial charge in [0.2, 0.25) is 5.89 Å². The van der Waals surface area contributed by atoms with Crippen LogP contribution in [-0.4, -0.2) is 34.5 Å². The number of hydrogen-bond donors (Lipinski definition) is 3. The van der Waals surface area contributed by atoms with Crippen LogP contribution in [0.25, 0.3) is 22.6 Å². The van der Waals surface area contributed by atoms with Crippen LogP contribution in [0.1, 0.15) is 16.7 Å². The molecule has 0 saturated heterocycles. The molecule has 0 radical (unpaired) electrons. The SMILES string of the molecule is Cc1cc2nc(-c3ccc(C)c(NCC(O)CO)c3)oc2cc1C. The van der Waals surface area contributed by atoms with Crippen LogP contribution in [0.3, 0.4) is 0 Å². The number of nitrogens with one attached hydrogen (secondary N) is 1. The zero-order valence-electron chi connectivity index (χ0n) is 14.1. The van der Waals surface area contributed by atoms with Gasteiger partial charge in [0.15, 0.2) is 5.58 Å². The number of aliphatic hydroxyl groups excluding tert-OH is 2. The van der Waals surface area contributed by atoms with Gasteiger partial charge in [-0.15, -0.1) is 0 Å². The Balaban J connectivity index is 1.94. The zero-order valence-corrected chi connectivity index (χ0v) is 14.1. The van der Waals surface area contributed by atoms with Gasteiger partial charge in [-0.25, -0.2) is 4.98 Å². The first-order valence-corrected chi connectivity index (χ1v) is 7.99. The second kappa shape index (κ2) is 6.63. The average molecular weight is 326 g/mol. The molecule has 24 heavy (non-hydrogen) atoms. The van der Waals surface area contributed by atoms with Crippen molar-refractivity contribution in [2.45, 2.75) is 26.9 Å². The molecule has 1 atom stereocenters. The van der Waals surface area contributed by atoms with Crippen LogP contribution in [-0.2, 0) is 0 Å². The summed E-state index contributed by atoms with van der Waals surface area (Å²) < 4.78 is 5.90. The molecule has 5 heteroatoms. The van der Waals surface area contributed by atoms with Crippen molar-refractivity contribution in [1.29, 1.82) is 0 Å². The summed E-state index contributed by atoms with van der Waals surface area (Å²) in [6.45, 7) is 6.11. The van der Waals surface area contributed by atoms with E-state index in [1.54, 1.807) is 0 Å². The lowest BCUT2D eigenvalue weighted by molar-refractivity contribution is 0.105. The van der Waals surface area contributed by atoms with Gasteiger partial charge >= 0.3 is 0 Å². The summed E-state index contributed by atoms with van der Waals surface area (Å²) in [5, 5.41) is 21.6. The van der Waals surface area contributed by atoms with E-state index in [-0.39, 0.29) is 13.2 Å². The third kappa shape index (κ3) is 3.27. The summed E-state index contributed by atoms with van der Waals surface area (Å²) in [5.74, 6) is 0.570. The van der Waals surface area contributed by atoms with Crippen LogP contribution < -0.4 is 5.32 Å². The Labute approximate surface area is 141 Å². The van der Waals surface area contributed by atoms with E-state index in [1.165, 1.54) is 11.1 Å². The van der Waals surface area contributed by atoms with E-state index in [0.717, 1.165) is 27.9 Å². The van der Waals surface area contributed by atoms with E-state index in [9.17, 15) is 5.11 Å². The molecule has 3 N–H and O–H groups in total. The maximum Gasteiger partial charge on any atom is 0.227 e. The molecule has 5 nitrogen and oxygen atoms in total. The minimum absolute atomic E-state index is 0.268. The molecule has 0 bridgehead atoms. The van der Waals surface area contributed by atoms with Crippen molar-refractivity contribution >= 4 is 16.8 Å². The number of aliphatic hydroxyl groups is 2. The minimum atomic E-state index is -0.789. The fraction of sp³-hybridized carbons (Fsp3) is 0.316. The Morgan fingerprint density at radius 3 is 2.58 bits per heavy atom.